The number of hydrogen-bond acceptors (Lipinski definition) is 6. The maximum absolute atomic E-state index is 12.2. The Morgan fingerprint density at radius 2 is 2.28 bits per heavy atom. The molecule has 0 unspecified atom stereocenters. The van der Waals surface area contributed by atoms with Gasteiger partial charge >= 0.3 is 0 Å². The quantitative estimate of drug-likeness (QED) is 0.792. The molecule has 0 aliphatic carbocycles. The van der Waals surface area contributed by atoms with Crippen LogP contribution in [0.25, 0.3) is 6.08 Å². The Labute approximate surface area is 149 Å². The summed E-state index contributed by atoms with van der Waals surface area (Å²) in [6.07, 6.45) is 4.98. The summed E-state index contributed by atoms with van der Waals surface area (Å²) in [7, 11) is -0.437. The molecule has 0 aromatic carbocycles. The van der Waals surface area contributed by atoms with E-state index in [2.05, 4.69) is 10.3 Å². The molecule has 3 rings (SSSR count). The van der Waals surface area contributed by atoms with Crippen LogP contribution in [0, 0.1) is 0 Å². The van der Waals surface area contributed by atoms with Gasteiger partial charge in [0.1, 0.15) is 5.76 Å². The second kappa shape index (κ2) is 7.08. The van der Waals surface area contributed by atoms with Gasteiger partial charge in [-0.25, -0.2) is 4.98 Å². The molecule has 0 bridgehead atoms. The van der Waals surface area contributed by atoms with Crippen LogP contribution in [0.5, 0.6) is 0 Å². The smallest absolute Gasteiger partial charge is 0.281 e. The third-order valence-corrected chi connectivity index (χ3v) is 6.54. The molecule has 0 radical (unpaired) electrons. The molecule has 0 fully saturated rings. The molecule has 0 atom stereocenters. The van der Waals surface area contributed by atoms with Crippen molar-refractivity contribution in [3.63, 3.8) is 0 Å². The van der Waals surface area contributed by atoms with Gasteiger partial charge in [-0.15, -0.1) is 11.3 Å². The van der Waals surface area contributed by atoms with Crippen LogP contribution in [-0.4, -0.2) is 48.6 Å². The molecule has 8 nitrogen and oxygen atoms in total. The van der Waals surface area contributed by atoms with Gasteiger partial charge in [0, 0.05) is 38.0 Å². The van der Waals surface area contributed by atoms with Crippen LogP contribution in [0.2, 0.25) is 0 Å². The van der Waals surface area contributed by atoms with Gasteiger partial charge in [-0.1, -0.05) is 0 Å². The molecule has 0 saturated heterocycles. The maximum atomic E-state index is 12.2. The van der Waals surface area contributed by atoms with Crippen molar-refractivity contribution >= 4 is 38.7 Å². The fourth-order valence-electron chi connectivity index (χ4n) is 2.34. The average Bonchev–Trinajstić information content (AvgIpc) is 3.20. The Morgan fingerprint density at radius 3 is 2.96 bits per heavy atom. The zero-order valence-corrected chi connectivity index (χ0v) is 15.4. The SMILES string of the molecule is CN(C)S(=O)(=O)N1CCc2nc(NC(=O)/C=C/c3ccco3)sc2C1. The summed E-state index contributed by atoms with van der Waals surface area (Å²) in [4.78, 5) is 17.2. The molecule has 1 N–H and O–H groups in total. The number of fused-ring (bicyclic) bond motifs is 1. The number of amides is 1. The maximum Gasteiger partial charge on any atom is 0.281 e. The number of hydrogen-bond donors (Lipinski definition) is 1. The molecule has 10 heteroatoms. The van der Waals surface area contributed by atoms with E-state index in [1.54, 1.807) is 18.2 Å². The molecule has 2 aromatic heterocycles. The topological polar surface area (TPSA) is 95.8 Å². The molecule has 0 saturated carbocycles. The fourth-order valence-corrected chi connectivity index (χ4v) is 4.53. The second-order valence-corrected chi connectivity index (χ2v) is 8.83. The standard InChI is InChI=1S/C15H18N4O4S2/c1-18(2)25(21,22)19-8-7-12-13(10-19)24-15(16-12)17-14(20)6-5-11-4-3-9-23-11/h3-6,9H,7-8,10H2,1-2H3,(H,16,17,20)/b6-5+. The number of anilines is 1. The van der Waals surface area contributed by atoms with Gasteiger partial charge in [0.15, 0.2) is 5.13 Å². The number of carbonyl (C=O) groups is 1. The van der Waals surface area contributed by atoms with Crippen LogP contribution in [0.3, 0.4) is 0 Å². The van der Waals surface area contributed by atoms with Crippen LogP contribution in [0.4, 0.5) is 5.13 Å². The van der Waals surface area contributed by atoms with Crippen LogP contribution < -0.4 is 5.32 Å². The predicted molar refractivity (Wildman–Crippen MR) is 95.2 cm³/mol. The highest BCUT2D eigenvalue weighted by molar-refractivity contribution is 7.86. The van der Waals surface area contributed by atoms with Crippen molar-refractivity contribution in [3.05, 3.63) is 40.8 Å². The summed E-state index contributed by atoms with van der Waals surface area (Å²) in [6, 6.07) is 3.48. The van der Waals surface area contributed by atoms with Gasteiger partial charge in [-0.2, -0.15) is 17.0 Å². The van der Waals surface area contributed by atoms with E-state index < -0.39 is 10.2 Å². The van der Waals surface area contributed by atoms with Crippen LogP contribution >= 0.6 is 11.3 Å². The average molecular weight is 382 g/mol. The lowest BCUT2D eigenvalue weighted by Crippen LogP contribution is -2.42. The number of nitrogens with one attached hydrogen (secondary N) is 1. The molecule has 0 spiro atoms. The zero-order valence-electron chi connectivity index (χ0n) is 13.8. The third-order valence-electron chi connectivity index (χ3n) is 3.66. The number of rotatable bonds is 5. The molecule has 1 amide bonds. The summed E-state index contributed by atoms with van der Waals surface area (Å²) in [5.74, 6) is 0.262. The van der Waals surface area contributed by atoms with Gasteiger partial charge in [-0.3, -0.25) is 10.1 Å². The van der Waals surface area contributed by atoms with E-state index in [0.29, 0.717) is 23.9 Å². The van der Waals surface area contributed by atoms with Crippen molar-refractivity contribution in [1.82, 2.24) is 13.6 Å². The van der Waals surface area contributed by atoms with E-state index in [1.807, 2.05) is 0 Å². The largest absolute Gasteiger partial charge is 0.465 e. The number of carbonyl (C=O) groups excluding carboxylic acids is 1. The van der Waals surface area contributed by atoms with E-state index in [9.17, 15) is 13.2 Å². The first-order valence-electron chi connectivity index (χ1n) is 7.55. The van der Waals surface area contributed by atoms with Crippen molar-refractivity contribution in [3.8, 4) is 0 Å². The monoisotopic (exact) mass is 382 g/mol. The minimum absolute atomic E-state index is 0.269. The Kier molecular flexibility index (Phi) is 5.04. The second-order valence-electron chi connectivity index (χ2n) is 5.60. The highest BCUT2D eigenvalue weighted by Crippen LogP contribution is 2.29. The molecule has 25 heavy (non-hydrogen) atoms. The lowest BCUT2D eigenvalue weighted by atomic mass is 10.2. The minimum Gasteiger partial charge on any atom is -0.465 e. The summed E-state index contributed by atoms with van der Waals surface area (Å²) in [5, 5.41) is 3.16. The summed E-state index contributed by atoms with van der Waals surface area (Å²) in [6.45, 7) is 0.647. The first kappa shape index (κ1) is 17.8. The minimum atomic E-state index is -3.45. The molecule has 1 aliphatic heterocycles. The summed E-state index contributed by atoms with van der Waals surface area (Å²) in [5.41, 5.74) is 0.834. The van der Waals surface area contributed by atoms with Gasteiger partial charge in [0.05, 0.1) is 18.5 Å². The molecule has 1 aliphatic rings. The van der Waals surface area contributed by atoms with Crippen molar-refractivity contribution in [2.24, 2.45) is 0 Å². The Morgan fingerprint density at radius 1 is 1.48 bits per heavy atom. The van der Waals surface area contributed by atoms with Crippen molar-refractivity contribution in [1.29, 1.82) is 0 Å². The van der Waals surface area contributed by atoms with E-state index in [-0.39, 0.29) is 12.5 Å². The van der Waals surface area contributed by atoms with Crippen molar-refractivity contribution in [2.45, 2.75) is 13.0 Å². The molecular weight excluding hydrogens is 364 g/mol. The number of thiazole rings is 1. The number of aromatic nitrogens is 1. The first-order chi connectivity index (χ1) is 11.9. The molecular formula is C15H18N4O4S2. The Bertz CT molecular complexity index is 885. The van der Waals surface area contributed by atoms with E-state index in [4.69, 9.17) is 4.42 Å². The zero-order chi connectivity index (χ0) is 18.0. The lowest BCUT2D eigenvalue weighted by molar-refractivity contribution is -0.111. The van der Waals surface area contributed by atoms with Crippen molar-refractivity contribution < 1.29 is 17.6 Å². The summed E-state index contributed by atoms with van der Waals surface area (Å²) >= 11 is 1.29. The number of nitrogens with zero attached hydrogens (tertiary/aromatic N) is 3. The highest BCUT2D eigenvalue weighted by atomic mass is 32.2. The molecule has 3 heterocycles. The van der Waals surface area contributed by atoms with Gasteiger partial charge in [0.25, 0.3) is 10.2 Å². The van der Waals surface area contributed by atoms with E-state index >= 15 is 0 Å². The first-order valence-corrected chi connectivity index (χ1v) is 9.76. The lowest BCUT2D eigenvalue weighted by Gasteiger charge is -2.27. The third kappa shape index (κ3) is 3.98. The van der Waals surface area contributed by atoms with Gasteiger partial charge in [-0.05, 0) is 18.2 Å². The van der Waals surface area contributed by atoms with E-state index in [0.717, 1.165) is 10.6 Å². The van der Waals surface area contributed by atoms with Crippen LogP contribution in [-0.2, 0) is 28.0 Å². The van der Waals surface area contributed by atoms with Gasteiger partial charge < -0.3 is 4.42 Å². The van der Waals surface area contributed by atoms with Crippen molar-refractivity contribution in [2.75, 3.05) is 26.0 Å². The summed E-state index contributed by atoms with van der Waals surface area (Å²) < 4.78 is 32.2. The molecule has 134 valence electrons. The number of furan rings is 1. The predicted octanol–water partition coefficient (Wildman–Crippen LogP) is 1.55. The Balaban J connectivity index is 1.67. The molecule has 2 aromatic rings. The van der Waals surface area contributed by atoms with E-state index in [1.165, 1.54) is 46.4 Å². The highest BCUT2D eigenvalue weighted by Gasteiger charge is 2.30. The normalized spacial score (nSPS) is 15.6. The fraction of sp³-hybridized carbons (Fsp3) is 0.333. The Hall–Kier alpha value is -2.01. The van der Waals surface area contributed by atoms with Gasteiger partial charge in [0.2, 0.25) is 5.91 Å². The van der Waals surface area contributed by atoms with Crippen LogP contribution in [0.1, 0.15) is 16.3 Å². The van der Waals surface area contributed by atoms with Crippen LogP contribution in [0.15, 0.2) is 28.9 Å².